The van der Waals surface area contributed by atoms with Gasteiger partial charge in [0.2, 0.25) is 0 Å². The Morgan fingerprint density at radius 2 is 1.81 bits per heavy atom. The Hall–Kier alpha value is -1.89. The number of benzene rings is 1. The number of anilines is 1. The zero-order chi connectivity index (χ0) is 15.5. The zero-order valence-corrected chi connectivity index (χ0v) is 12.2. The number of hydrogen-bond donors (Lipinski definition) is 1. The lowest BCUT2D eigenvalue weighted by molar-refractivity contribution is -0.137. The fourth-order valence-corrected chi connectivity index (χ4v) is 1.91. The van der Waals surface area contributed by atoms with Crippen molar-refractivity contribution in [1.29, 1.82) is 0 Å². The van der Waals surface area contributed by atoms with E-state index in [2.05, 4.69) is 26.2 Å². The van der Waals surface area contributed by atoms with E-state index in [1.165, 1.54) is 12.1 Å². The Morgan fingerprint density at radius 3 is 2.29 bits per heavy atom. The number of amides is 1. The molecule has 1 amide bonds. The standard InChI is InChI=1S/C14H10BrF3N2O/c15-7-9-1-6-12(19-8-9)13(21)20-11-4-2-10(3-5-11)14(16,17)18/h1-6,8H,7H2,(H,20,21). The lowest BCUT2D eigenvalue weighted by atomic mass is 10.2. The van der Waals surface area contributed by atoms with Crippen LogP contribution in [-0.4, -0.2) is 10.9 Å². The number of nitrogens with one attached hydrogen (secondary N) is 1. The summed E-state index contributed by atoms with van der Waals surface area (Å²) in [7, 11) is 0. The van der Waals surface area contributed by atoms with Gasteiger partial charge in [-0.1, -0.05) is 22.0 Å². The molecule has 0 spiro atoms. The van der Waals surface area contributed by atoms with Gasteiger partial charge >= 0.3 is 6.18 Å². The monoisotopic (exact) mass is 358 g/mol. The van der Waals surface area contributed by atoms with Gasteiger partial charge in [-0.3, -0.25) is 9.78 Å². The molecular weight excluding hydrogens is 349 g/mol. The molecule has 1 N–H and O–H groups in total. The second-order valence-corrected chi connectivity index (χ2v) is 4.78. The normalized spacial score (nSPS) is 11.2. The summed E-state index contributed by atoms with van der Waals surface area (Å²) >= 11 is 3.26. The zero-order valence-electron chi connectivity index (χ0n) is 10.6. The number of carbonyl (C=O) groups is 1. The molecule has 0 aliphatic heterocycles. The molecule has 1 aromatic carbocycles. The fraction of sp³-hybridized carbons (Fsp3) is 0.143. The summed E-state index contributed by atoms with van der Waals surface area (Å²) in [6.07, 6.45) is -2.84. The van der Waals surface area contributed by atoms with Crippen LogP contribution in [0, 0.1) is 0 Å². The van der Waals surface area contributed by atoms with Crippen LogP contribution in [0.4, 0.5) is 18.9 Å². The first-order chi connectivity index (χ1) is 9.90. The Kier molecular flexibility index (Phi) is 4.62. The highest BCUT2D eigenvalue weighted by Crippen LogP contribution is 2.29. The summed E-state index contributed by atoms with van der Waals surface area (Å²) in [6.45, 7) is 0. The molecule has 0 radical (unpaired) electrons. The number of pyridine rings is 1. The van der Waals surface area contributed by atoms with Gasteiger partial charge in [0, 0.05) is 17.2 Å². The van der Waals surface area contributed by atoms with Gasteiger partial charge in [-0.25, -0.2) is 0 Å². The quantitative estimate of drug-likeness (QED) is 0.833. The Labute approximate surface area is 127 Å². The largest absolute Gasteiger partial charge is 0.416 e. The van der Waals surface area contributed by atoms with E-state index in [9.17, 15) is 18.0 Å². The van der Waals surface area contributed by atoms with Crippen molar-refractivity contribution < 1.29 is 18.0 Å². The number of hydrogen-bond acceptors (Lipinski definition) is 2. The average molecular weight is 359 g/mol. The lowest BCUT2D eigenvalue weighted by Gasteiger charge is -2.08. The molecule has 1 heterocycles. The number of carbonyl (C=O) groups excluding carboxylic acids is 1. The van der Waals surface area contributed by atoms with Crippen LogP contribution in [0.5, 0.6) is 0 Å². The van der Waals surface area contributed by atoms with Crippen LogP contribution in [0.3, 0.4) is 0 Å². The number of halogens is 4. The maximum absolute atomic E-state index is 12.4. The van der Waals surface area contributed by atoms with Crippen molar-refractivity contribution in [3.63, 3.8) is 0 Å². The van der Waals surface area contributed by atoms with Crippen LogP contribution in [0.15, 0.2) is 42.6 Å². The molecule has 7 heteroatoms. The van der Waals surface area contributed by atoms with Crippen molar-refractivity contribution >= 4 is 27.5 Å². The summed E-state index contributed by atoms with van der Waals surface area (Å²) in [4.78, 5) is 15.9. The minimum Gasteiger partial charge on any atom is -0.321 e. The van der Waals surface area contributed by atoms with Gasteiger partial charge in [-0.15, -0.1) is 0 Å². The lowest BCUT2D eigenvalue weighted by Crippen LogP contribution is -2.14. The van der Waals surface area contributed by atoms with Crippen LogP contribution >= 0.6 is 15.9 Å². The SMILES string of the molecule is O=C(Nc1ccc(C(F)(F)F)cc1)c1ccc(CBr)cn1. The number of rotatable bonds is 3. The Bertz CT molecular complexity index is 624. The molecule has 0 aliphatic rings. The Morgan fingerprint density at radius 1 is 1.14 bits per heavy atom. The van der Waals surface area contributed by atoms with Crippen molar-refractivity contribution in [2.45, 2.75) is 11.5 Å². The highest BCUT2D eigenvalue weighted by molar-refractivity contribution is 9.08. The van der Waals surface area contributed by atoms with E-state index in [0.29, 0.717) is 5.33 Å². The predicted octanol–water partition coefficient (Wildman–Crippen LogP) is 4.25. The third kappa shape index (κ3) is 4.04. The van der Waals surface area contributed by atoms with E-state index >= 15 is 0 Å². The maximum Gasteiger partial charge on any atom is 0.416 e. The van der Waals surface area contributed by atoms with Crippen molar-refractivity contribution in [3.8, 4) is 0 Å². The smallest absolute Gasteiger partial charge is 0.321 e. The van der Waals surface area contributed by atoms with Crippen LogP contribution in [-0.2, 0) is 11.5 Å². The van der Waals surface area contributed by atoms with E-state index in [-0.39, 0.29) is 11.4 Å². The first kappa shape index (κ1) is 15.5. The third-order valence-corrected chi connectivity index (χ3v) is 3.33. The summed E-state index contributed by atoms with van der Waals surface area (Å²) in [5, 5.41) is 3.12. The first-order valence-corrected chi connectivity index (χ1v) is 7.02. The highest BCUT2D eigenvalue weighted by atomic mass is 79.9. The second kappa shape index (κ2) is 6.26. The van der Waals surface area contributed by atoms with E-state index in [4.69, 9.17) is 0 Å². The topological polar surface area (TPSA) is 42.0 Å². The summed E-state index contributed by atoms with van der Waals surface area (Å²) in [5.74, 6) is -0.476. The molecule has 0 atom stereocenters. The number of alkyl halides is 4. The van der Waals surface area contributed by atoms with E-state index < -0.39 is 17.6 Å². The molecule has 0 aliphatic carbocycles. The molecule has 110 valence electrons. The van der Waals surface area contributed by atoms with Gasteiger partial charge in [0.05, 0.1) is 5.56 Å². The minimum atomic E-state index is -4.39. The summed E-state index contributed by atoms with van der Waals surface area (Å²) < 4.78 is 37.3. The van der Waals surface area contributed by atoms with Crippen molar-refractivity contribution in [2.75, 3.05) is 5.32 Å². The molecule has 1 aromatic heterocycles. The molecule has 0 fully saturated rings. The summed E-state index contributed by atoms with van der Waals surface area (Å²) in [6, 6.07) is 7.52. The minimum absolute atomic E-state index is 0.194. The number of nitrogens with zero attached hydrogens (tertiary/aromatic N) is 1. The van der Waals surface area contributed by atoms with E-state index in [1.807, 2.05) is 0 Å². The Balaban J connectivity index is 2.08. The highest BCUT2D eigenvalue weighted by Gasteiger charge is 2.29. The van der Waals surface area contributed by atoms with Crippen LogP contribution < -0.4 is 5.32 Å². The van der Waals surface area contributed by atoms with Gasteiger partial charge in [-0.05, 0) is 35.9 Å². The van der Waals surface area contributed by atoms with Crippen LogP contribution in [0.25, 0.3) is 0 Å². The van der Waals surface area contributed by atoms with Gasteiger partial charge in [0.25, 0.3) is 5.91 Å². The molecule has 3 nitrogen and oxygen atoms in total. The molecule has 0 unspecified atom stereocenters. The molecule has 0 saturated heterocycles. The summed E-state index contributed by atoms with van der Waals surface area (Å²) in [5.41, 5.74) is 0.625. The van der Waals surface area contributed by atoms with Gasteiger partial charge in [-0.2, -0.15) is 13.2 Å². The average Bonchev–Trinajstić information content (AvgIpc) is 2.47. The molecule has 2 rings (SSSR count). The molecule has 2 aromatic rings. The van der Waals surface area contributed by atoms with Crippen LogP contribution in [0.2, 0.25) is 0 Å². The fourth-order valence-electron chi connectivity index (χ4n) is 1.58. The predicted molar refractivity (Wildman–Crippen MR) is 76.3 cm³/mol. The van der Waals surface area contributed by atoms with E-state index in [0.717, 1.165) is 17.7 Å². The maximum atomic E-state index is 12.4. The second-order valence-electron chi connectivity index (χ2n) is 4.21. The molecule has 0 bridgehead atoms. The van der Waals surface area contributed by atoms with Crippen LogP contribution in [0.1, 0.15) is 21.6 Å². The van der Waals surface area contributed by atoms with Gasteiger partial charge in [0.15, 0.2) is 0 Å². The van der Waals surface area contributed by atoms with Crippen molar-refractivity contribution in [1.82, 2.24) is 4.98 Å². The van der Waals surface area contributed by atoms with E-state index in [1.54, 1.807) is 18.3 Å². The van der Waals surface area contributed by atoms with Gasteiger partial charge in [0.1, 0.15) is 5.69 Å². The first-order valence-electron chi connectivity index (χ1n) is 5.89. The molecular formula is C14H10BrF3N2O. The van der Waals surface area contributed by atoms with Crippen molar-refractivity contribution in [2.24, 2.45) is 0 Å². The number of aromatic nitrogens is 1. The van der Waals surface area contributed by atoms with Gasteiger partial charge < -0.3 is 5.32 Å². The third-order valence-electron chi connectivity index (χ3n) is 2.68. The molecule has 21 heavy (non-hydrogen) atoms. The molecule has 0 saturated carbocycles. The van der Waals surface area contributed by atoms with Crippen molar-refractivity contribution in [3.05, 3.63) is 59.4 Å².